The number of piperidine rings is 1. The van der Waals surface area contributed by atoms with Gasteiger partial charge < -0.3 is 16.0 Å². The number of nitrogens with one attached hydrogen (secondary N) is 1. The van der Waals surface area contributed by atoms with Gasteiger partial charge in [-0.15, -0.1) is 0 Å². The molecule has 2 fully saturated rings. The van der Waals surface area contributed by atoms with Gasteiger partial charge in [0.2, 0.25) is 5.91 Å². The number of halogens is 2. The molecule has 2 saturated heterocycles. The first-order valence-corrected chi connectivity index (χ1v) is 12.9. The summed E-state index contributed by atoms with van der Waals surface area (Å²) >= 11 is 6.31. The number of rotatable bonds is 4. The van der Waals surface area contributed by atoms with Gasteiger partial charge in [-0.1, -0.05) is 11.6 Å². The second-order valence-corrected chi connectivity index (χ2v) is 10.2. The predicted octanol–water partition coefficient (Wildman–Crippen LogP) is 4.45. The molecule has 6 rings (SSSR count). The van der Waals surface area contributed by atoms with E-state index in [9.17, 15) is 9.18 Å². The normalized spacial score (nSPS) is 20.0. The van der Waals surface area contributed by atoms with Crippen LogP contribution < -0.4 is 11.1 Å². The summed E-state index contributed by atoms with van der Waals surface area (Å²) in [7, 11) is 0. The van der Waals surface area contributed by atoms with Crippen molar-refractivity contribution in [2.24, 2.45) is 0 Å². The number of hydrogen-bond donors (Lipinski definition) is 2. The van der Waals surface area contributed by atoms with Gasteiger partial charge in [0.05, 0.1) is 24.0 Å². The number of carbonyl (C=O) groups excluding carboxylic acids is 1. The topological polar surface area (TPSA) is 102 Å². The highest BCUT2D eigenvalue weighted by Gasteiger charge is 2.34. The van der Waals surface area contributed by atoms with Gasteiger partial charge in [-0.2, -0.15) is 5.10 Å². The van der Waals surface area contributed by atoms with Gasteiger partial charge in [-0.25, -0.2) is 9.37 Å². The summed E-state index contributed by atoms with van der Waals surface area (Å²) in [5, 5.41) is 9.32. The molecule has 2 aliphatic heterocycles. The maximum Gasteiger partial charge on any atom is 0.239 e. The van der Waals surface area contributed by atoms with Gasteiger partial charge in [0.25, 0.3) is 0 Å². The van der Waals surface area contributed by atoms with Crippen LogP contribution in [0.4, 0.5) is 10.2 Å². The molecule has 3 N–H and O–H groups in total. The first kappa shape index (κ1) is 23.8. The standard InChI is InChI=1S/C27H27ClFN7O/c28-22-4-5-23(29)21-14-32-24(10-19(21)22)20-8-16(11-33-26(20)30)17-12-34-36(15-17)18-9-25(31-13-18)27(37)35-6-2-1-3-7-35/h4-5,8,10-12,14-15,18,25,31H,1-3,6-7,9,13H2,(H2,30,33)/t18-,25-/m0/s1. The summed E-state index contributed by atoms with van der Waals surface area (Å²) in [4.78, 5) is 23.7. The second-order valence-electron chi connectivity index (χ2n) is 9.75. The number of likely N-dealkylation sites (tertiary alicyclic amines) is 1. The van der Waals surface area contributed by atoms with Crippen molar-refractivity contribution in [3.8, 4) is 22.4 Å². The summed E-state index contributed by atoms with van der Waals surface area (Å²) in [6.45, 7) is 2.40. The van der Waals surface area contributed by atoms with E-state index < -0.39 is 0 Å². The minimum absolute atomic E-state index is 0.0906. The summed E-state index contributed by atoms with van der Waals surface area (Å²) in [6.07, 6.45) is 11.0. The van der Waals surface area contributed by atoms with Crippen molar-refractivity contribution in [1.82, 2.24) is 30.0 Å². The molecule has 2 atom stereocenters. The van der Waals surface area contributed by atoms with Gasteiger partial charge in [-0.05, 0) is 49.9 Å². The number of carbonyl (C=O) groups is 1. The number of nitrogens with two attached hydrogens (primary N) is 1. The van der Waals surface area contributed by atoms with Crippen molar-refractivity contribution in [3.05, 3.63) is 59.9 Å². The van der Waals surface area contributed by atoms with E-state index in [1.165, 1.54) is 24.8 Å². The number of benzene rings is 1. The summed E-state index contributed by atoms with van der Waals surface area (Å²) < 4.78 is 16.1. The van der Waals surface area contributed by atoms with Crippen LogP contribution in [0.2, 0.25) is 5.02 Å². The van der Waals surface area contributed by atoms with Gasteiger partial charge in [0.15, 0.2) is 0 Å². The number of aromatic nitrogens is 4. The highest BCUT2D eigenvalue weighted by atomic mass is 35.5. The molecule has 190 valence electrons. The number of fused-ring (bicyclic) bond motifs is 1. The highest BCUT2D eigenvalue weighted by molar-refractivity contribution is 6.35. The predicted molar refractivity (Wildman–Crippen MR) is 141 cm³/mol. The van der Waals surface area contributed by atoms with E-state index in [2.05, 4.69) is 20.4 Å². The second kappa shape index (κ2) is 9.72. The van der Waals surface area contributed by atoms with Crippen LogP contribution in [0.1, 0.15) is 31.7 Å². The molecule has 3 aromatic heterocycles. The van der Waals surface area contributed by atoms with E-state index in [0.717, 1.165) is 37.1 Å². The van der Waals surface area contributed by atoms with E-state index in [1.807, 2.05) is 21.8 Å². The average molecular weight is 520 g/mol. The zero-order valence-electron chi connectivity index (χ0n) is 20.2. The Kier molecular flexibility index (Phi) is 6.26. The zero-order chi connectivity index (χ0) is 25.5. The Hall–Kier alpha value is -3.56. The van der Waals surface area contributed by atoms with E-state index in [1.54, 1.807) is 18.5 Å². The molecule has 1 aromatic carbocycles. The number of nitrogen functional groups attached to an aromatic ring is 1. The molecule has 0 unspecified atom stereocenters. The fourth-order valence-corrected chi connectivity index (χ4v) is 5.50. The van der Waals surface area contributed by atoms with Gasteiger partial charge in [0, 0.05) is 70.7 Å². The molecule has 0 aliphatic carbocycles. The summed E-state index contributed by atoms with van der Waals surface area (Å²) in [5.74, 6) is 0.131. The van der Waals surface area contributed by atoms with Crippen LogP contribution >= 0.6 is 11.6 Å². The number of nitrogens with zero attached hydrogens (tertiary/aromatic N) is 5. The quantitative estimate of drug-likeness (QED) is 0.413. The van der Waals surface area contributed by atoms with Gasteiger partial charge >= 0.3 is 0 Å². The lowest BCUT2D eigenvalue weighted by Gasteiger charge is -2.29. The average Bonchev–Trinajstić information content (AvgIpc) is 3.62. The third kappa shape index (κ3) is 4.53. The third-order valence-electron chi connectivity index (χ3n) is 7.37. The van der Waals surface area contributed by atoms with Crippen molar-refractivity contribution >= 4 is 34.1 Å². The van der Waals surface area contributed by atoms with E-state index >= 15 is 0 Å². The molecule has 37 heavy (non-hydrogen) atoms. The molecular formula is C27H27ClFN7O. The number of pyridine rings is 2. The Morgan fingerprint density at radius 1 is 1.05 bits per heavy atom. The molecule has 10 heteroatoms. The van der Waals surface area contributed by atoms with Crippen LogP contribution in [0.5, 0.6) is 0 Å². The Balaban J connectivity index is 1.23. The van der Waals surface area contributed by atoms with Crippen LogP contribution in [0.3, 0.4) is 0 Å². The maximum atomic E-state index is 14.2. The lowest BCUT2D eigenvalue weighted by atomic mass is 10.0. The molecule has 4 aromatic rings. The maximum absolute atomic E-state index is 14.2. The van der Waals surface area contributed by atoms with Crippen molar-refractivity contribution in [1.29, 1.82) is 0 Å². The lowest BCUT2D eigenvalue weighted by Crippen LogP contribution is -2.45. The minimum Gasteiger partial charge on any atom is -0.383 e. The largest absolute Gasteiger partial charge is 0.383 e. The van der Waals surface area contributed by atoms with Crippen LogP contribution in [0.25, 0.3) is 33.2 Å². The summed E-state index contributed by atoms with van der Waals surface area (Å²) in [6, 6.07) is 6.40. The Bertz CT molecular complexity index is 1480. The van der Waals surface area contributed by atoms with E-state index in [-0.39, 0.29) is 23.8 Å². The van der Waals surface area contributed by atoms with Crippen molar-refractivity contribution in [2.75, 3.05) is 25.4 Å². The number of anilines is 1. The SMILES string of the molecule is Nc1ncc(-c2cnn([C@@H]3CN[C@H](C(=O)N4CCCCC4)C3)c2)cc1-c1cc2c(Cl)ccc(F)c2cn1. The third-order valence-corrected chi connectivity index (χ3v) is 7.70. The number of hydrogen-bond acceptors (Lipinski definition) is 6. The number of amides is 1. The molecule has 5 heterocycles. The van der Waals surface area contributed by atoms with Crippen LogP contribution in [0.15, 0.2) is 49.1 Å². The highest BCUT2D eigenvalue weighted by Crippen LogP contribution is 2.33. The molecule has 0 bridgehead atoms. The van der Waals surface area contributed by atoms with E-state index in [4.69, 9.17) is 17.3 Å². The molecule has 0 spiro atoms. The molecular weight excluding hydrogens is 493 g/mol. The van der Waals surface area contributed by atoms with Crippen LogP contribution in [0, 0.1) is 5.82 Å². The minimum atomic E-state index is -0.382. The first-order valence-electron chi connectivity index (χ1n) is 12.5. The first-order chi connectivity index (χ1) is 18.0. The molecule has 2 aliphatic rings. The zero-order valence-corrected chi connectivity index (χ0v) is 21.0. The van der Waals surface area contributed by atoms with Crippen LogP contribution in [-0.2, 0) is 4.79 Å². The fraction of sp³-hybridized carbons (Fsp3) is 0.333. The van der Waals surface area contributed by atoms with Crippen LogP contribution in [-0.4, -0.2) is 56.2 Å². The van der Waals surface area contributed by atoms with Crippen molar-refractivity contribution < 1.29 is 9.18 Å². The lowest BCUT2D eigenvalue weighted by molar-refractivity contribution is -0.134. The Morgan fingerprint density at radius 3 is 2.73 bits per heavy atom. The van der Waals surface area contributed by atoms with Crippen molar-refractivity contribution in [3.63, 3.8) is 0 Å². The van der Waals surface area contributed by atoms with Gasteiger partial charge in [0.1, 0.15) is 11.6 Å². The molecule has 0 radical (unpaired) electrons. The molecule has 0 saturated carbocycles. The monoisotopic (exact) mass is 519 g/mol. The van der Waals surface area contributed by atoms with Crippen molar-refractivity contribution in [2.45, 2.75) is 37.8 Å². The molecule has 8 nitrogen and oxygen atoms in total. The smallest absolute Gasteiger partial charge is 0.239 e. The fourth-order valence-electron chi connectivity index (χ4n) is 5.28. The van der Waals surface area contributed by atoms with E-state index in [0.29, 0.717) is 45.8 Å². The Morgan fingerprint density at radius 2 is 1.89 bits per heavy atom. The van der Waals surface area contributed by atoms with Gasteiger partial charge in [-0.3, -0.25) is 14.5 Å². The Labute approximate surface area is 218 Å². The molecule has 1 amide bonds. The summed E-state index contributed by atoms with van der Waals surface area (Å²) in [5.41, 5.74) is 9.09.